The molecule has 0 aliphatic carbocycles. The van der Waals surface area contributed by atoms with Gasteiger partial charge in [0.05, 0.1) is 18.0 Å². The van der Waals surface area contributed by atoms with E-state index in [2.05, 4.69) is 0 Å². The minimum atomic E-state index is -5.13. The molecule has 4 N–H and O–H groups in total. The Morgan fingerprint density at radius 1 is 0.971 bits per heavy atom. The topological polar surface area (TPSA) is 104 Å². The molecule has 3 aromatic rings. The van der Waals surface area contributed by atoms with Gasteiger partial charge in [0.15, 0.2) is 5.54 Å². The number of sulfonamides is 1. The van der Waals surface area contributed by atoms with Gasteiger partial charge in [0, 0.05) is 17.7 Å². The number of nitrogens with zero attached hydrogens (tertiary/aromatic N) is 1. The SMILES string of the molecule is CC(O)c1c(N)ccc(N(C(Cc2ccccc2)(c2ccccc2)C(F)(F)F)S(C)(=O)=O)c1O. The van der Waals surface area contributed by atoms with Crippen molar-refractivity contribution in [2.75, 3.05) is 16.3 Å². The Morgan fingerprint density at radius 2 is 1.50 bits per heavy atom. The number of phenolic OH excluding ortho intramolecular Hbond substituents is 1. The van der Waals surface area contributed by atoms with Crippen LogP contribution in [0.15, 0.2) is 72.8 Å². The molecule has 0 aromatic heterocycles. The zero-order chi connectivity index (χ0) is 25.3. The summed E-state index contributed by atoms with van der Waals surface area (Å²) in [6.45, 7) is 1.26. The fourth-order valence-corrected chi connectivity index (χ4v) is 5.50. The summed E-state index contributed by atoms with van der Waals surface area (Å²) in [4.78, 5) is 0. The second kappa shape index (κ2) is 9.19. The first-order chi connectivity index (χ1) is 15.8. The zero-order valence-corrected chi connectivity index (χ0v) is 19.3. The van der Waals surface area contributed by atoms with Crippen molar-refractivity contribution in [2.45, 2.75) is 31.2 Å². The van der Waals surface area contributed by atoms with Gasteiger partial charge in [0.1, 0.15) is 5.75 Å². The number of nitrogens with two attached hydrogens (primary N) is 1. The van der Waals surface area contributed by atoms with E-state index in [4.69, 9.17) is 5.73 Å². The Morgan fingerprint density at radius 3 is 1.97 bits per heavy atom. The highest BCUT2D eigenvalue weighted by molar-refractivity contribution is 7.92. The summed E-state index contributed by atoms with van der Waals surface area (Å²) in [5.41, 5.74) is 1.56. The summed E-state index contributed by atoms with van der Waals surface area (Å²) in [5.74, 6) is -0.849. The van der Waals surface area contributed by atoms with Crippen LogP contribution in [0.4, 0.5) is 24.5 Å². The third kappa shape index (κ3) is 4.55. The minimum absolute atomic E-state index is 0.0925. The molecule has 0 amide bonds. The van der Waals surface area contributed by atoms with Gasteiger partial charge < -0.3 is 15.9 Å². The van der Waals surface area contributed by atoms with Gasteiger partial charge in [-0.3, -0.25) is 0 Å². The van der Waals surface area contributed by atoms with Crippen LogP contribution in [0.25, 0.3) is 0 Å². The predicted octanol–water partition coefficient (Wildman–Crippen LogP) is 4.49. The Hall–Kier alpha value is -3.24. The van der Waals surface area contributed by atoms with Crippen LogP contribution in [0.3, 0.4) is 0 Å². The van der Waals surface area contributed by atoms with Crippen LogP contribution in [-0.2, 0) is 22.0 Å². The van der Waals surface area contributed by atoms with Crippen molar-refractivity contribution in [3.8, 4) is 5.75 Å². The maximum atomic E-state index is 15.2. The lowest BCUT2D eigenvalue weighted by Crippen LogP contribution is -2.60. The van der Waals surface area contributed by atoms with Gasteiger partial charge in [-0.1, -0.05) is 60.7 Å². The Labute approximate surface area is 196 Å². The van der Waals surface area contributed by atoms with Crippen molar-refractivity contribution < 1.29 is 31.8 Å². The number of aliphatic hydroxyl groups excluding tert-OH is 1. The van der Waals surface area contributed by atoms with Crippen LogP contribution < -0.4 is 10.0 Å². The standard InChI is InChI=1S/C24H25F3N2O4S/c1-16(30)21-19(28)13-14-20(22(21)31)29(34(2,32)33)23(24(25,26)27,18-11-7-4-8-12-18)15-17-9-5-3-6-10-17/h3-14,16,30-31H,15,28H2,1-2H3. The molecule has 6 nitrogen and oxygen atoms in total. The summed E-state index contributed by atoms with van der Waals surface area (Å²) in [7, 11) is -4.67. The highest BCUT2D eigenvalue weighted by Gasteiger charge is 2.63. The van der Waals surface area contributed by atoms with Gasteiger partial charge >= 0.3 is 6.18 Å². The van der Waals surface area contributed by atoms with Crippen LogP contribution in [0.1, 0.15) is 29.7 Å². The Balaban J connectivity index is 2.48. The number of hydrogen-bond acceptors (Lipinski definition) is 5. The summed E-state index contributed by atoms with van der Waals surface area (Å²) in [5, 5.41) is 21.0. The van der Waals surface area contributed by atoms with Gasteiger partial charge in [0.2, 0.25) is 10.0 Å². The second-order valence-electron chi connectivity index (χ2n) is 8.03. The van der Waals surface area contributed by atoms with E-state index in [0.29, 0.717) is 6.26 Å². The van der Waals surface area contributed by atoms with Crippen molar-refractivity contribution in [3.05, 3.63) is 89.5 Å². The monoisotopic (exact) mass is 494 g/mol. The van der Waals surface area contributed by atoms with Gasteiger partial charge in [-0.05, 0) is 30.2 Å². The first-order valence-corrected chi connectivity index (χ1v) is 12.1. The molecule has 0 radical (unpaired) electrons. The lowest BCUT2D eigenvalue weighted by Gasteiger charge is -2.45. The van der Waals surface area contributed by atoms with E-state index in [-0.39, 0.29) is 26.7 Å². The third-order valence-electron chi connectivity index (χ3n) is 5.57. The number of aromatic hydroxyl groups is 1. The lowest BCUT2D eigenvalue weighted by atomic mass is 9.82. The van der Waals surface area contributed by atoms with Crippen molar-refractivity contribution in [1.82, 2.24) is 0 Å². The van der Waals surface area contributed by atoms with Crippen LogP contribution >= 0.6 is 0 Å². The minimum Gasteiger partial charge on any atom is -0.505 e. The number of rotatable bonds is 7. The summed E-state index contributed by atoms with van der Waals surface area (Å²) >= 11 is 0. The highest BCUT2D eigenvalue weighted by Crippen LogP contribution is 2.52. The van der Waals surface area contributed by atoms with E-state index in [1.165, 1.54) is 49.4 Å². The van der Waals surface area contributed by atoms with E-state index in [9.17, 15) is 18.6 Å². The number of hydrogen-bond donors (Lipinski definition) is 3. The zero-order valence-electron chi connectivity index (χ0n) is 18.5. The smallest absolute Gasteiger partial charge is 0.417 e. The number of aliphatic hydroxyl groups is 1. The molecule has 3 rings (SSSR count). The molecule has 182 valence electrons. The molecule has 10 heteroatoms. The fourth-order valence-electron chi connectivity index (χ4n) is 4.16. The molecule has 0 saturated carbocycles. The molecular formula is C24H25F3N2O4S. The Kier molecular flexibility index (Phi) is 6.86. The van der Waals surface area contributed by atoms with Gasteiger partial charge in [0.25, 0.3) is 0 Å². The van der Waals surface area contributed by atoms with E-state index in [1.54, 1.807) is 18.2 Å². The second-order valence-corrected chi connectivity index (χ2v) is 9.86. The number of phenols is 1. The number of alkyl halides is 3. The highest BCUT2D eigenvalue weighted by atomic mass is 32.2. The molecular weight excluding hydrogens is 469 g/mol. The van der Waals surface area contributed by atoms with E-state index >= 15 is 13.2 Å². The average Bonchev–Trinajstić information content (AvgIpc) is 2.74. The summed E-state index contributed by atoms with van der Waals surface area (Å²) in [6.07, 6.45) is -6.64. The van der Waals surface area contributed by atoms with Crippen LogP contribution in [0.2, 0.25) is 0 Å². The molecule has 2 atom stereocenters. The molecule has 0 heterocycles. The number of anilines is 2. The number of halogens is 3. The predicted molar refractivity (Wildman–Crippen MR) is 125 cm³/mol. The molecule has 2 unspecified atom stereocenters. The molecule has 0 aliphatic rings. The van der Waals surface area contributed by atoms with Crippen LogP contribution in [0, 0.1) is 0 Å². The van der Waals surface area contributed by atoms with Crippen LogP contribution in [0.5, 0.6) is 5.75 Å². The van der Waals surface area contributed by atoms with Gasteiger partial charge in [-0.25, -0.2) is 12.7 Å². The molecule has 34 heavy (non-hydrogen) atoms. The maximum absolute atomic E-state index is 15.2. The normalized spacial score (nSPS) is 14.9. The molecule has 0 fully saturated rings. The van der Waals surface area contributed by atoms with Crippen molar-refractivity contribution in [3.63, 3.8) is 0 Å². The van der Waals surface area contributed by atoms with Crippen LogP contribution in [-0.4, -0.2) is 31.1 Å². The van der Waals surface area contributed by atoms with Crippen molar-refractivity contribution in [2.24, 2.45) is 0 Å². The maximum Gasteiger partial charge on any atom is 0.417 e. The fraction of sp³-hybridized carbons (Fsp3) is 0.250. The largest absolute Gasteiger partial charge is 0.505 e. The number of nitrogen functional groups attached to an aromatic ring is 1. The quantitative estimate of drug-likeness (QED) is 0.420. The third-order valence-corrected chi connectivity index (χ3v) is 6.74. The van der Waals surface area contributed by atoms with E-state index in [0.717, 1.165) is 12.1 Å². The number of benzene rings is 3. The molecule has 0 spiro atoms. The molecule has 0 aliphatic heterocycles. The first kappa shape index (κ1) is 25.4. The first-order valence-electron chi connectivity index (χ1n) is 10.3. The van der Waals surface area contributed by atoms with Gasteiger partial charge in [-0.15, -0.1) is 0 Å². The lowest BCUT2D eigenvalue weighted by molar-refractivity contribution is -0.187. The molecule has 0 bridgehead atoms. The van der Waals surface area contributed by atoms with E-state index in [1.807, 2.05) is 0 Å². The molecule has 0 saturated heterocycles. The Bertz CT molecular complexity index is 1250. The van der Waals surface area contributed by atoms with E-state index < -0.39 is 45.7 Å². The average molecular weight is 495 g/mol. The van der Waals surface area contributed by atoms with Crippen molar-refractivity contribution >= 4 is 21.4 Å². The summed E-state index contributed by atoms with van der Waals surface area (Å²) < 4.78 is 72.1. The molecule has 3 aromatic carbocycles. The van der Waals surface area contributed by atoms with Crippen molar-refractivity contribution in [1.29, 1.82) is 0 Å². The van der Waals surface area contributed by atoms with Gasteiger partial charge in [-0.2, -0.15) is 13.2 Å². The summed E-state index contributed by atoms with van der Waals surface area (Å²) in [6, 6.07) is 16.5.